The van der Waals surface area contributed by atoms with Crippen LogP contribution >= 0.6 is 0 Å². The van der Waals surface area contributed by atoms with Gasteiger partial charge in [0, 0.05) is 6.54 Å². The third-order valence-corrected chi connectivity index (χ3v) is 5.32. The topological polar surface area (TPSA) is 108 Å². The Labute approximate surface area is 122 Å². The molecule has 1 fully saturated rings. The summed E-state index contributed by atoms with van der Waals surface area (Å²) in [5.74, 6) is -1.18. The normalized spacial score (nSPS) is 19.9. The number of carboxylic acid groups (broad SMARTS) is 1. The molecule has 1 atom stereocenters. The molecule has 1 heterocycles. The maximum atomic E-state index is 12.6. The Bertz CT molecular complexity index is 708. The molecule has 21 heavy (non-hydrogen) atoms. The van der Waals surface area contributed by atoms with Crippen molar-refractivity contribution >= 4 is 16.0 Å². The molecule has 1 saturated heterocycles. The highest BCUT2D eigenvalue weighted by Crippen LogP contribution is 2.24. The van der Waals surface area contributed by atoms with Crippen molar-refractivity contribution in [2.24, 2.45) is 0 Å². The smallest absolute Gasteiger partial charge is 0.335 e. The van der Waals surface area contributed by atoms with Gasteiger partial charge < -0.3 is 9.84 Å². The number of hydrogen-bond acceptors (Lipinski definition) is 5. The molecule has 1 aromatic carbocycles. The fourth-order valence-electron chi connectivity index (χ4n) is 2.19. The molecule has 1 N–H and O–H groups in total. The lowest BCUT2D eigenvalue weighted by Crippen LogP contribution is -2.45. The molecule has 112 valence electrons. The Hall–Kier alpha value is -1.95. The minimum Gasteiger partial charge on any atom is -0.478 e. The van der Waals surface area contributed by atoms with E-state index in [1.165, 1.54) is 25.1 Å². The summed E-state index contributed by atoms with van der Waals surface area (Å²) in [6.07, 6.45) is -0.809. The van der Waals surface area contributed by atoms with E-state index in [0.717, 1.165) is 4.31 Å². The number of nitriles is 1. The second kappa shape index (κ2) is 5.81. The summed E-state index contributed by atoms with van der Waals surface area (Å²) >= 11 is 0. The minimum atomic E-state index is -3.85. The van der Waals surface area contributed by atoms with Crippen LogP contribution < -0.4 is 0 Å². The second-order valence-corrected chi connectivity index (χ2v) is 6.49. The molecule has 8 heteroatoms. The summed E-state index contributed by atoms with van der Waals surface area (Å²) in [5, 5.41) is 17.9. The zero-order chi connectivity index (χ0) is 15.6. The monoisotopic (exact) mass is 310 g/mol. The van der Waals surface area contributed by atoms with Crippen molar-refractivity contribution in [3.63, 3.8) is 0 Å². The molecule has 0 bridgehead atoms. The first-order valence-electron chi connectivity index (χ1n) is 6.22. The predicted octanol–water partition coefficient (Wildman–Crippen LogP) is 0.606. The first-order valence-corrected chi connectivity index (χ1v) is 7.66. The summed E-state index contributed by atoms with van der Waals surface area (Å²) < 4.78 is 31.5. The van der Waals surface area contributed by atoms with E-state index in [0.29, 0.717) is 0 Å². The molecule has 1 aliphatic rings. The Morgan fingerprint density at radius 2 is 2.24 bits per heavy atom. The van der Waals surface area contributed by atoms with Crippen LogP contribution in [0.4, 0.5) is 0 Å². The predicted molar refractivity (Wildman–Crippen MR) is 72.3 cm³/mol. The molecule has 0 saturated carbocycles. The van der Waals surface area contributed by atoms with Crippen LogP contribution in [0.15, 0.2) is 23.1 Å². The number of carboxylic acids is 1. The molecule has 0 spiro atoms. The van der Waals surface area contributed by atoms with Crippen LogP contribution in [0.25, 0.3) is 0 Å². The van der Waals surface area contributed by atoms with Crippen LogP contribution in [-0.2, 0) is 14.8 Å². The minimum absolute atomic E-state index is 0.0545. The van der Waals surface area contributed by atoms with E-state index in [-0.39, 0.29) is 35.7 Å². The van der Waals surface area contributed by atoms with Gasteiger partial charge in [-0.25, -0.2) is 13.2 Å². The zero-order valence-corrected chi connectivity index (χ0v) is 12.1. The fraction of sp³-hybridized carbons (Fsp3) is 0.385. The van der Waals surface area contributed by atoms with Crippen molar-refractivity contribution in [3.8, 4) is 6.07 Å². The molecule has 7 nitrogen and oxygen atoms in total. The Morgan fingerprint density at radius 3 is 2.86 bits per heavy atom. The standard InChI is InChI=1S/C13H14N2O5S/c1-9-11(13(16)17)3-2-4-12(9)21(18,19)15-5-6-20-10(7-14)8-15/h2-4,10H,5-6,8H2,1H3,(H,16,17). The van der Waals surface area contributed by atoms with Gasteiger partial charge in [-0.05, 0) is 24.6 Å². The number of benzene rings is 1. The van der Waals surface area contributed by atoms with Gasteiger partial charge in [0.05, 0.1) is 29.7 Å². The molecule has 1 aliphatic heterocycles. The van der Waals surface area contributed by atoms with Crippen LogP contribution in [0.2, 0.25) is 0 Å². The summed E-state index contributed by atoms with van der Waals surface area (Å²) in [7, 11) is -3.85. The van der Waals surface area contributed by atoms with Gasteiger partial charge in [0.2, 0.25) is 10.0 Å². The largest absolute Gasteiger partial charge is 0.478 e. The first kappa shape index (κ1) is 15.4. The Balaban J connectivity index is 2.43. The van der Waals surface area contributed by atoms with Crippen molar-refractivity contribution in [1.82, 2.24) is 4.31 Å². The molecule has 0 aliphatic carbocycles. The number of sulfonamides is 1. The SMILES string of the molecule is Cc1c(C(=O)O)cccc1S(=O)(=O)N1CCOC(C#N)C1. The first-order chi connectivity index (χ1) is 9.87. The molecular formula is C13H14N2O5S. The molecule has 0 radical (unpaired) electrons. The molecule has 0 aromatic heterocycles. The average Bonchev–Trinajstić information content (AvgIpc) is 2.47. The summed E-state index contributed by atoms with van der Waals surface area (Å²) in [6.45, 7) is 1.67. The van der Waals surface area contributed by atoms with E-state index in [2.05, 4.69) is 0 Å². The van der Waals surface area contributed by atoms with Gasteiger partial charge in [-0.15, -0.1) is 0 Å². The van der Waals surface area contributed by atoms with Crippen molar-refractivity contribution in [1.29, 1.82) is 5.26 Å². The van der Waals surface area contributed by atoms with E-state index in [9.17, 15) is 13.2 Å². The van der Waals surface area contributed by atoms with Crippen LogP contribution in [0, 0.1) is 18.3 Å². The highest BCUT2D eigenvalue weighted by Gasteiger charge is 2.32. The van der Waals surface area contributed by atoms with E-state index in [4.69, 9.17) is 15.1 Å². The molecular weight excluding hydrogens is 296 g/mol. The third kappa shape index (κ3) is 2.90. The summed E-state index contributed by atoms with van der Waals surface area (Å²) in [5.41, 5.74) is 0.131. The van der Waals surface area contributed by atoms with Crippen LogP contribution in [0.3, 0.4) is 0 Å². The molecule has 0 amide bonds. The quantitative estimate of drug-likeness (QED) is 0.876. The maximum Gasteiger partial charge on any atom is 0.335 e. The van der Waals surface area contributed by atoms with Crippen molar-refractivity contribution in [3.05, 3.63) is 29.3 Å². The number of rotatable bonds is 3. The number of carbonyl (C=O) groups is 1. The highest BCUT2D eigenvalue weighted by molar-refractivity contribution is 7.89. The number of hydrogen-bond donors (Lipinski definition) is 1. The van der Waals surface area contributed by atoms with Gasteiger partial charge in [0.1, 0.15) is 0 Å². The number of ether oxygens (including phenoxy) is 1. The maximum absolute atomic E-state index is 12.6. The number of morpholine rings is 1. The van der Waals surface area contributed by atoms with Crippen molar-refractivity contribution in [2.75, 3.05) is 19.7 Å². The summed E-state index contributed by atoms with van der Waals surface area (Å²) in [6, 6.07) is 6.00. The lowest BCUT2D eigenvalue weighted by Gasteiger charge is -2.29. The number of nitrogens with zero attached hydrogens (tertiary/aromatic N) is 2. The van der Waals surface area contributed by atoms with Gasteiger partial charge in [0.15, 0.2) is 6.10 Å². The van der Waals surface area contributed by atoms with E-state index in [1.54, 1.807) is 0 Å². The zero-order valence-electron chi connectivity index (χ0n) is 11.3. The lowest BCUT2D eigenvalue weighted by atomic mass is 10.1. The number of aromatic carboxylic acids is 1. The van der Waals surface area contributed by atoms with E-state index >= 15 is 0 Å². The van der Waals surface area contributed by atoms with E-state index < -0.39 is 22.1 Å². The molecule has 2 rings (SSSR count). The van der Waals surface area contributed by atoms with Crippen LogP contribution in [0.5, 0.6) is 0 Å². The summed E-state index contributed by atoms with van der Waals surface area (Å²) in [4.78, 5) is 11.0. The van der Waals surface area contributed by atoms with Gasteiger partial charge in [-0.3, -0.25) is 0 Å². The van der Waals surface area contributed by atoms with Gasteiger partial charge in [-0.1, -0.05) is 6.07 Å². The Morgan fingerprint density at radius 1 is 1.52 bits per heavy atom. The average molecular weight is 310 g/mol. The second-order valence-electron chi connectivity index (χ2n) is 4.59. The van der Waals surface area contributed by atoms with Crippen molar-refractivity contribution in [2.45, 2.75) is 17.9 Å². The van der Waals surface area contributed by atoms with Gasteiger partial charge in [-0.2, -0.15) is 9.57 Å². The molecule has 1 aromatic rings. The van der Waals surface area contributed by atoms with Crippen LogP contribution in [0.1, 0.15) is 15.9 Å². The fourth-order valence-corrected chi connectivity index (χ4v) is 3.86. The Kier molecular flexibility index (Phi) is 4.27. The highest BCUT2D eigenvalue weighted by atomic mass is 32.2. The van der Waals surface area contributed by atoms with E-state index in [1.807, 2.05) is 6.07 Å². The van der Waals surface area contributed by atoms with Gasteiger partial charge in [0.25, 0.3) is 0 Å². The van der Waals surface area contributed by atoms with Crippen molar-refractivity contribution < 1.29 is 23.1 Å². The lowest BCUT2D eigenvalue weighted by molar-refractivity contribution is 0.0311. The van der Waals surface area contributed by atoms with Gasteiger partial charge >= 0.3 is 5.97 Å². The van der Waals surface area contributed by atoms with Crippen LogP contribution in [-0.4, -0.2) is 49.6 Å². The molecule has 1 unspecified atom stereocenters. The third-order valence-electron chi connectivity index (χ3n) is 3.31.